The molecule has 0 radical (unpaired) electrons. The number of amides is 2. The molecule has 2 N–H and O–H groups in total. The molecule has 0 spiro atoms. The molecule has 5 rings (SSSR count). The maximum Gasteiger partial charge on any atom is 0.339 e. The third-order valence-electron chi connectivity index (χ3n) is 6.75. The second-order valence-electron chi connectivity index (χ2n) is 10.2. The second kappa shape index (κ2) is 12.9. The Balaban J connectivity index is 1.34. The van der Waals surface area contributed by atoms with Crippen LogP contribution in [0.2, 0.25) is 0 Å². The minimum absolute atomic E-state index is 0.195. The average Bonchev–Trinajstić information content (AvgIpc) is 3.36. The summed E-state index contributed by atoms with van der Waals surface area (Å²) in [6.45, 7) is 5.07. The summed E-state index contributed by atoms with van der Waals surface area (Å²) in [5, 5.41) is 8.12. The number of nitrogens with zero attached hydrogens (tertiary/aromatic N) is 2. The van der Waals surface area contributed by atoms with Gasteiger partial charge in [-0.3, -0.25) is 0 Å². The molecule has 1 aromatic heterocycles. The Bertz CT molecular complexity index is 1640. The van der Waals surface area contributed by atoms with E-state index >= 15 is 0 Å². The quantitative estimate of drug-likeness (QED) is 0.140. The maximum absolute atomic E-state index is 12.6. The summed E-state index contributed by atoms with van der Waals surface area (Å²) < 4.78 is 14.5. The molecule has 2 amide bonds. The van der Waals surface area contributed by atoms with Crippen molar-refractivity contribution in [1.29, 1.82) is 0 Å². The molecule has 0 atom stereocenters. The van der Waals surface area contributed by atoms with E-state index in [1.807, 2.05) is 115 Å². The van der Waals surface area contributed by atoms with Crippen molar-refractivity contribution in [1.82, 2.24) is 9.99 Å². The van der Waals surface area contributed by atoms with Gasteiger partial charge in [-0.15, -0.1) is 0 Å². The van der Waals surface area contributed by atoms with Gasteiger partial charge >= 0.3 is 6.03 Å². The molecular formula is C34H34N4O3. The highest BCUT2D eigenvalue weighted by Gasteiger charge is 2.15. The van der Waals surface area contributed by atoms with Gasteiger partial charge in [-0.2, -0.15) is 5.10 Å². The molecule has 0 saturated carbocycles. The molecule has 208 valence electrons. The molecule has 0 saturated heterocycles. The van der Waals surface area contributed by atoms with Crippen LogP contribution in [0.5, 0.6) is 11.5 Å². The number of benzene rings is 4. The molecule has 4 aromatic carbocycles. The monoisotopic (exact) mass is 546 g/mol. The smallest absolute Gasteiger partial charge is 0.339 e. The van der Waals surface area contributed by atoms with Crippen molar-refractivity contribution < 1.29 is 14.3 Å². The maximum atomic E-state index is 12.6. The molecule has 0 bridgehead atoms. The summed E-state index contributed by atoms with van der Waals surface area (Å²) in [5.41, 5.74) is 8.24. The van der Waals surface area contributed by atoms with E-state index in [1.54, 1.807) is 6.21 Å². The predicted molar refractivity (Wildman–Crippen MR) is 165 cm³/mol. The average molecular weight is 547 g/mol. The lowest BCUT2D eigenvalue weighted by Gasteiger charge is -2.18. The number of hydrogen-bond donors (Lipinski definition) is 2. The van der Waals surface area contributed by atoms with Crippen LogP contribution in [0.3, 0.4) is 0 Å². The molecular weight excluding hydrogens is 512 g/mol. The Morgan fingerprint density at radius 1 is 0.854 bits per heavy atom. The molecule has 0 aliphatic carbocycles. The Morgan fingerprint density at radius 3 is 2.17 bits per heavy atom. The summed E-state index contributed by atoms with van der Waals surface area (Å²) in [6, 6.07) is 31.3. The predicted octanol–water partition coefficient (Wildman–Crippen LogP) is 7.62. The van der Waals surface area contributed by atoms with Crippen molar-refractivity contribution in [2.45, 2.75) is 33.0 Å². The zero-order valence-corrected chi connectivity index (χ0v) is 23.5. The van der Waals surface area contributed by atoms with E-state index in [2.05, 4.69) is 29.7 Å². The highest BCUT2D eigenvalue weighted by Crippen LogP contribution is 2.34. The van der Waals surface area contributed by atoms with Crippen LogP contribution in [-0.4, -0.2) is 16.8 Å². The summed E-state index contributed by atoms with van der Waals surface area (Å²) in [6.07, 6.45) is 3.59. The highest BCUT2D eigenvalue weighted by atomic mass is 16.5. The summed E-state index contributed by atoms with van der Waals surface area (Å²) >= 11 is 0. The zero-order valence-electron chi connectivity index (χ0n) is 23.5. The Morgan fingerprint density at radius 2 is 1.51 bits per heavy atom. The van der Waals surface area contributed by atoms with E-state index in [1.165, 1.54) is 0 Å². The number of hydrogen-bond acceptors (Lipinski definition) is 4. The molecule has 5 aromatic rings. The Hall–Kier alpha value is -5.04. The van der Waals surface area contributed by atoms with E-state index in [0.717, 1.165) is 38.9 Å². The Kier molecular flexibility index (Phi) is 8.64. The molecule has 41 heavy (non-hydrogen) atoms. The molecule has 1 heterocycles. The number of carbonyl (C=O) groups excluding carboxylic acids is 1. The van der Waals surface area contributed by atoms with Gasteiger partial charge in [-0.25, -0.2) is 10.2 Å². The van der Waals surface area contributed by atoms with Crippen molar-refractivity contribution >= 4 is 28.8 Å². The Labute approximate surface area is 240 Å². The number of fused-ring (bicyclic) bond motifs is 1. The SMILES string of the molecule is CC(C)c1cc(/C=N\NC(=O)Nc2ccc3c(ccn3C)c2)c(OCc2ccccc2)cc1OCc1ccccc1. The van der Waals surface area contributed by atoms with Crippen LogP contribution in [0.25, 0.3) is 10.9 Å². The minimum Gasteiger partial charge on any atom is -0.488 e. The van der Waals surface area contributed by atoms with Crippen molar-refractivity contribution in [3.63, 3.8) is 0 Å². The minimum atomic E-state index is -0.435. The molecule has 0 aliphatic rings. The van der Waals surface area contributed by atoms with E-state index in [-0.39, 0.29) is 5.92 Å². The number of rotatable bonds is 10. The fraction of sp³-hybridized carbons (Fsp3) is 0.176. The van der Waals surface area contributed by atoms with Gasteiger partial charge in [0, 0.05) is 41.5 Å². The zero-order chi connectivity index (χ0) is 28.6. The number of anilines is 1. The van der Waals surface area contributed by atoms with Crippen LogP contribution < -0.4 is 20.2 Å². The van der Waals surface area contributed by atoms with Gasteiger partial charge in [0.2, 0.25) is 0 Å². The fourth-order valence-electron chi connectivity index (χ4n) is 4.55. The lowest BCUT2D eigenvalue weighted by Crippen LogP contribution is -2.24. The fourth-order valence-corrected chi connectivity index (χ4v) is 4.55. The third kappa shape index (κ3) is 7.13. The first-order chi connectivity index (χ1) is 20.0. The largest absolute Gasteiger partial charge is 0.488 e. The molecule has 7 nitrogen and oxygen atoms in total. The second-order valence-corrected chi connectivity index (χ2v) is 10.2. The number of hydrazone groups is 1. The standard InChI is InChI=1S/C34H34N4O3/c1-24(2)30-19-28(21-35-37-34(39)36-29-14-15-31-27(18-29)16-17-38(31)3)32(40-22-25-10-6-4-7-11-25)20-33(30)41-23-26-12-8-5-9-13-26/h4-21,24H,22-23H2,1-3H3,(H2,36,37,39)/b35-21-. The number of ether oxygens (including phenoxy) is 2. The third-order valence-corrected chi connectivity index (χ3v) is 6.75. The number of urea groups is 1. The summed E-state index contributed by atoms with van der Waals surface area (Å²) in [4.78, 5) is 12.6. The first-order valence-electron chi connectivity index (χ1n) is 13.6. The van der Waals surface area contributed by atoms with Crippen molar-refractivity contribution in [3.8, 4) is 11.5 Å². The normalized spacial score (nSPS) is 11.2. The molecule has 7 heteroatoms. The number of aromatic nitrogens is 1. The van der Waals surface area contributed by atoms with Gasteiger partial charge in [0.25, 0.3) is 0 Å². The summed E-state index contributed by atoms with van der Waals surface area (Å²) in [5.74, 6) is 1.56. The molecule has 0 fully saturated rings. The molecule has 0 unspecified atom stereocenters. The van der Waals surface area contributed by atoms with Gasteiger partial charge in [0.1, 0.15) is 24.7 Å². The number of aryl methyl sites for hydroxylation is 1. The van der Waals surface area contributed by atoms with E-state index in [9.17, 15) is 4.79 Å². The molecule has 0 aliphatic heterocycles. The van der Waals surface area contributed by atoms with Gasteiger partial charge in [-0.1, -0.05) is 74.5 Å². The lowest BCUT2D eigenvalue weighted by atomic mass is 9.99. The van der Waals surface area contributed by atoms with Gasteiger partial charge < -0.3 is 19.4 Å². The van der Waals surface area contributed by atoms with Crippen molar-refractivity contribution in [2.75, 3.05) is 5.32 Å². The van der Waals surface area contributed by atoms with Crippen LogP contribution in [-0.2, 0) is 20.3 Å². The van der Waals surface area contributed by atoms with Crippen molar-refractivity contribution in [3.05, 3.63) is 126 Å². The van der Waals surface area contributed by atoms with Gasteiger partial charge in [0.05, 0.1) is 6.21 Å². The van der Waals surface area contributed by atoms with Crippen LogP contribution in [0, 0.1) is 0 Å². The lowest BCUT2D eigenvalue weighted by molar-refractivity contribution is 0.252. The van der Waals surface area contributed by atoms with Crippen LogP contribution in [0.15, 0.2) is 108 Å². The van der Waals surface area contributed by atoms with Gasteiger partial charge in [0.15, 0.2) is 0 Å². The van der Waals surface area contributed by atoms with Crippen molar-refractivity contribution in [2.24, 2.45) is 12.1 Å². The van der Waals surface area contributed by atoms with Crippen LogP contribution in [0.4, 0.5) is 10.5 Å². The summed E-state index contributed by atoms with van der Waals surface area (Å²) in [7, 11) is 1.99. The number of carbonyl (C=O) groups is 1. The topological polar surface area (TPSA) is 76.9 Å². The van der Waals surface area contributed by atoms with E-state index in [0.29, 0.717) is 24.7 Å². The highest BCUT2D eigenvalue weighted by molar-refractivity contribution is 5.94. The first kappa shape index (κ1) is 27.5. The van der Waals surface area contributed by atoms with Crippen LogP contribution >= 0.6 is 0 Å². The van der Waals surface area contributed by atoms with Gasteiger partial charge in [-0.05, 0) is 52.9 Å². The van der Waals surface area contributed by atoms with E-state index in [4.69, 9.17) is 9.47 Å². The number of nitrogens with one attached hydrogen (secondary N) is 2. The first-order valence-corrected chi connectivity index (χ1v) is 13.6. The van der Waals surface area contributed by atoms with Crippen LogP contribution in [0.1, 0.15) is 42.0 Å². The van der Waals surface area contributed by atoms with E-state index < -0.39 is 6.03 Å².